The van der Waals surface area contributed by atoms with Crippen molar-refractivity contribution in [2.24, 2.45) is 16.5 Å². The Balaban J connectivity index is 1.93. The lowest BCUT2D eigenvalue weighted by Crippen LogP contribution is -2.15. The van der Waals surface area contributed by atoms with Crippen LogP contribution in [0.2, 0.25) is 0 Å². The third kappa shape index (κ3) is 4.08. The second-order valence-electron chi connectivity index (χ2n) is 6.75. The van der Waals surface area contributed by atoms with Crippen LogP contribution in [0.5, 0.6) is 0 Å². The number of aliphatic imine (C=N–C) groups is 1. The molecule has 1 aromatic carbocycles. The van der Waals surface area contributed by atoms with E-state index in [1.807, 2.05) is 31.2 Å². The zero-order valence-electron chi connectivity index (χ0n) is 15.4. The second kappa shape index (κ2) is 7.87. The molecule has 1 aliphatic carbocycles. The van der Waals surface area contributed by atoms with Crippen LogP contribution < -0.4 is 11.5 Å². The number of carbonyl (C=O) groups is 1. The number of hydrogen-bond donors (Lipinski definition) is 2. The van der Waals surface area contributed by atoms with Gasteiger partial charge in [0.25, 0.3) is 12.3 Å². The normalized spacial score (nSPS) is 16.4. The first-order valence-corrected chi connectivity index (χ1v) is 8.82. The maximum Gasteiger partial charge on any atom is 0.277 e. The van der Waals surface area contributed by atoms with Gasteiger partial charge in [-0.3, -0.25) is 9.79 Å². The average molecular weight is 389 g/mol. The van der Waals surface area contributed by atoms with Crippen LogP contribution in [0.15, 0.2) is 45.6 Å². The Morgan fingerprint density at radius 3 is 2.68 bits per heavy atom. The van der Waals surface area contributed by atoms with Crippen molar-refractivity contribution in [1.29, 1.82) is 0 Å². The standard InChI is InChI=1S/C19H21F2N5O2/c1-11-4-2-3-5-12(11)19(7-8-19)18-25-17(28-26-18)14(10-13(22)16(20)21)24-9-6-15(23)27/h2-5,10,16H,6-9,22H2,1H3,(H2,23,27)/b13-10-,24-14?. The number of carbonyl (C=O) groups excluding carboxylic acids is 1. The Labute approximate surface area is 160 Å². The number of rotatable bonds is 8. The summed E-state index contributed by atoms with van der Waals surface area (Å²) in [5, 5.41) is 4.07. The molecule has 3 rings (SSSR count). The van der Waals surface area contributed by atoms with Crippen molar-refractivity contribution in [3.63, 3.8) is 0 Å². The van der Waals surface area contributed by atoms with Gasteiger partial charge in [-0.05, 0) is 37.0 Å². The van der Waals surface area contributed by atoms with E-state index in [0.29, 0.717) is 5.82 Å². The molecule has 0 spiro atoms. The van der Waals surface area contributed by atoms with Crippen molar-refractivity contribution in [2.45, 2.75) is 38.0 Å². The molecule has 0 aliphatic heterocycles. The molecule has 7 nitrogen and oxygen atoms in total. The van der Waals surface area contributed by atoms with E-state index in [0.717, 1.165) is 30.0 Å². The molecule has 1 saturated carbocycles. The van der Waals surface area contributed by atoms with E-state index in [1.54, 1.807) is 0 Å². The van der Waals surface area contributed by atoms with Crippen molar-refractivity contribution in [1.82, 2.24) is 10.1 Å². The van der Waals surface area contributed by atoms with Crippen LogP contribution in [0.4, 0.5) is 8.78 Å². The van der Waals surface area contributed by atoms with E-state index in [-0.39, 0.29) is 30.0 Å². The Kier molecular flexibility index (Phi) is 5.53. The lowest BCUT2D eigenvalue weighted by atomic mass is 9.91. The van der Waals surface area contributed by atoms with Gasteiger partial charge in [0, 0.05) is 13.0 Å². The number of hydrogen-bond acceptors (Lipinski definition) is 6. The van der Waals surface area contributed by atoms with E-state index in [2.05, 4.69) is 15.1 Å². The van der Waals surface area contributed by atoms with Crippen molar-refractivity contribution >= 4 is 11.6 Å². The van der Waals surface area contributed by atoms with Crippen LogP contribution in [0, 0.1) is 6.92 Å². The third-order valence-corrected chi connectivity index (χ3v) is 4.68. The maximum atomic E-state index is 12.8. The molecule has 1 fully saturated rings. The fourth-order valence-electron chi connectivity index (χ4n) is 3.05. The highest BCUT2D eigenvalue weighted by molar-refractivity contribution is 6.05. The van der Waals surface area contributed by atoms with Crippen molar-refractivity contribution < 1.29 is 18.1 Å². The fraction of sp³-hybridized carbons (Fsp3) is 0.368. The average Bonchev–Trinajstić information content (AvgIpc) is 3.29. The van der Waals surface area contributed by atoms with Crippen LogP contribution in [-0.4, -0.2) is 34.7 Å². The second-order valence-corrected chi connectivity index (χ2v) is 6.75. The fourth-order valence-corrected chi connectivity index (χ4v) is 3.05. The first kappa shape index (κ1) is 19.7. The molecule has 0 radical (unpaired) electrons. The van der Waals surface area contributed by atoms with Crippen LogP contribution in [0.3, 0.4) is 0 Å². The van der Waals surface area contributed by atoms with Crippen molar-refractivity contribution in [3.05, 3.63) is 58.9 Å². The third-order valence-electron chi connectivity index (χ3n) is 4.68. The van der Waals surface area contributed by atoms with Gasteiger partial charge in [-0.15, -0.1) is 0 Å². The van der Waals surface area contributed by atoms with Crippen LogP contribution in [0.25, 0.3) is 0 Å². The van der Waals surface area contributed by atoms with E-state index in [1.165, 1.54) is 0 Å². The summed E-state index contributed by atoms with van der Waals surface area (Å²) < 4.78 is 31.0. The molecule has 9 heteroatoms. The number of aryl methyl sites for hydroxylation is 1. The van der Waals surface area contributed by atoms with Gasteiger partial charge in [0.2, 0.25) is 5.91 Å². The summed E-state index contributed by atoms with van der Waals surface area (Å²) in [5.74, 6) is -0.108. The molecule has 1 heterocycles. The van der Waals surface area contributed by atoms with E-state index >= 15 is 0 Å². The SMILES string of the molecule is Cc1ccccc1C1(c2noc(C(/C=C(\N)C(F)F)=NCCC(N)=O)n2)CC1. The number of alkyl halides is 2. The minimum Gasteiger partial charge on any atom is -0.397 e. The molecule has 28 heavy (non-hydrogen) atoms. The number of primary amides is 1. The van der Waals surface area contributed by atoms with E-state index in [4.69, 9.17) is 16.0 Å². The number of aromatic nitrogens is 2. The smallest absolute Gasteiger partial charge is 0.277 e. The van der Waals surface area contributed by atoms with Gasteiger partial charge in [0.1, 0.15) is 5.71 Å². The molecular formula is C19H21F2N5O2. The highest BCUT2D eigenvalue weighted by atomic mass is 19.3. The minimum absolute atomic E-state index is 0.00150. The number of halogens is 2. The van der Waals surface area contributed by atoms with Crippen LogP contribution >= 0.6 is 0 Å². The zero-order valence-corrected chi connectivity index (χ0v) is 15.4. The summed E-state index contributed by atoms with van der Waals surface area (Å²) in [7, 11) is 0. The summed E-state index contributed by atoms with van der Waals surface area (Å²) in [6, 6.07) is 7.94. The zero-order chi connectivity index (χ0) is 20.3. The quantitative estimate of drug-likeness (QED) is 0.671. The van der Waals surface area contributed by atoms with Gasteiger partial charge >= 0.3 is 0 Å². The number of nitrogens with two attached hydrogens (primary N) is 2. The molecule has 4 N–H and O–H groups in total. The number of allylic oxidation sites excluding steroid dienone is 2. The van der Waals surface area contributed by atoms with Crippen molar-refractivity contribution in [2.75, 3.05) is 6.54 Å². The van der Waals surface area contributed by atoms with E-state index < -0.39 is 18.0 Å². The van der Waals surface area contributed by atoms with Crippen molar-refractivity contribution in [3.8, 4) is 0 Å². The number of nitrogens with zero attached hydrogens (tertiary/aromatic N) is 3. The summed E-state index contributed by atoms with van der Waals surface area (Å²) in [6.45, 7) is 2.01. The largest absolute Gasteiger partial charge is 0.397 e. The number of amides is 1. The molecular weight excluding hydrogens is 368 g/mol. The van der Waals surface area contributed by atoms with E-state index in [9.17, 15) is 13.6 Å². The molecule has 0 saturated heterocycles. The van der Waals surface area contributed by atoms with Gasteiger partial charge < -0.3 is 16.0 Å². The Morgan fingerprint density at radius 1 is 1.36 bits per heavy atom. The predicted molar refractivity (Wildman–Crippen MR) is 99.0 cm³/mol. The summed E-state index contributed by atoms with van der Waals surface area (Å²) in [4.78, 5) is 19.4. The molecule has 148 valence electrons. The first-order chi connectivity index (χ1) is 13.3. The lowest BCUT2D eigenvalue weighted by molar-refractivity contribution is -0.117. The van der Waals surface area contributed by atoms with Gasteiger partial charge in [0.15, 0.2) is 5.82 Å². The maximum absolute atomic E-state index is 12.8. The Bertz CT molecular complexity index is 932. The Morgan fingerprint density at radius 2 is 2.07 bits per heavy atom. The molecule has 1 amide bonds. The number of benzene rings is 1. The molecule has 0 unspecified atom stereocenters. The minimum atomic E-state index is -2.86. The summed E-state index contributed by atoms with van der Waals surface area (Å²) in [6.07, 6.45) is -0.193. The van der Waals surface area contributed by atoms with Crippen LogP contribution in [0.1, 0.15) is 42.1 Å². The van der Waals surface area contributed by atoms with Gasteiger partial charge in [0.05, 0.1) is 11.1 Å². The topological polar surface area (TPSA) is 120 Å². The first-order valence-electron chi connectivity index (χ1n) is 8.82. The Hall–Kier alpha value is -3.10. The molecule has 1 aromatic heterocycles. The highest BCUT2D eigenvalue weighted by Gasteiger charge is 2.50. The molecule has 1 aliphatic rings. The summed E-state index contributed by atoms with van der Waals surface area (Å²) >= 11 is 0. The molecule has 2 aromatic rings. The lowest BCUT2D eigenvalue weighted by Gasteiger charge is -2.13. The van der Waals surface area contributed by atoms with Gasteiger partial charge in [-0.1, -0.05) is 29.4 Å². The van der Waals surface area contributed by atoms with Crippen LogP contribution in [-0.2, 0) is 10.2 Å². The molecule has 0 atom stereocenters. The summed E-state index contributed by atoms with van der Waals surface area (Å²) in [5.41, 5.74) is 11.6. The predicted octanol–water partition coefficient (Wildman–Crippen LogP) is 2.23. The molecule has 0 bridgehead atoms. The van der Waals surface area contributed by atoms with Gasteiger partial charge in [-0.25, -0.2) is 8.78 Å². The highest BCUT2D eigenvalue weighted by Crippen LogP contribution is 2.53. The van der Waals surface area contributed by atoms with Gasteiger partial charge in [-0.2, -0.15) is 4.98 Å². The monoisotopic (exact) mass is 389 g/mol.